The number of nitrogens with one attached hydrogen (secondary N) is 3. The summed E-state index contributed by atoms with van der Waals surface area (Å²) in [5.74, 6) is 0.109. The van der Waals surface area contributed by atoms with Gasteiger partial charge in [0.05, 0.1) is 6.21 Å². The average Bonchev–Trinajstić information content (AvgIpc) is 2.54. The van der Waals surface area contributed by atoms with Gasteiger partial charge in [-0.1, -0.05) is 38.1 Å². The molecule has 8 heteroatoms. The number of H-pyrrole nitrogens is 2. The second-order valence-corrected chi connectivity index (χ2v) is 5.57. The lowest BCUT2D eigenvalue weighted by Crippen LogP contribution is -2.28. The molecule has 1 heterocycles. The molecule has 0 fully saturated rings. The van der Waals surface area contributed by atoms with Gasteiger partial charge in [0.15, 0.2) is 0 Å². The zero-order chi connectivity index (χ0) is 17.5. The van der Waals surface area contributed by atoms with Gasteiger partial charge in [-0.2, -0.15) is 10.2 Å². The highest BCUT2D eigenvalue weighted by atomic mass is 16.2. The van der Waals surface area contributed by atoms with Crippen molar-refractivity contribution in [2.24, 2.45) is 5.10 Å². The van der Waals surface area contributed by atoms with Crippen LogP contribution in [0.1, 0.15) is 43.0 Å². The summed E-state index contributed by atoms with van der Waals surface area (Å²) in [7, 11) is 0. The fourth-order valence-corrected chi connectivity index (χ4v) is 1.98. The van der Waals surface area contributed by atoms with Crippen LogP contribution in [0, 0.1) is 0 Å². The maximum Gasteiger partial charge on any atom is 0.342 e. The van der Waals surface area contributed by atoms with Gasteiger partial charge in [0.1, 0.15) is 5.69 Å². The van der Waals surface area contributed by atoms with E-state index in [2.05, 4.69) is 34.6 Å². The van der Waals surface area contributed by atoms with Crippen molar-refractivity contribution in [3.63, 3.8) is 0 Å². The fourth-order valence-electron chi connectivity index (χ4n) is 1.98. The summed E-state index contributed by atoms with van der Waals surface area (Å²) in [4.78, 5) is 36.0. The third kappa shape index (κ3) is 5.01. The molecule has 126 valence electrons. The highest BCUT2D eigenvalue weighted by molar-refractivity contribution is 5.82. The van der Waals surface area contributed by atoms with Crippen molar-refractivity contribution in [1.82, 2.24) is 20.6 Å². The summed E-state index contributed by atoms with van der Waals surface area (Å²) in [5, 5.41) is 9.60. The van der Waals surface area contributed by atoms with Crippen LogP contribution in [0.3, 0.4) is 0 Å². The van der Waals surface area contributed by atoms with Gasteiger partial charge in [0.2, 0.25) is 5.91 Å². The lowest BCUT2D eigenvalue weighted by atomic mass is 10.0. The molecule has 1 aromatic heterocycles. The molecule has 0 bridgehead atoms. The van der Waals surface area contributed by atoms with Crippen LogP contribution < -0.4 is 16.7 Å². The van der Waals surface area contributed by atoms with Gasteiger partial charge in [-0.15, -0.1) is 0 Å². The first kappa shape index (κ1) is 17.3. The van der Waals surface area contributed by atoms with Crippen molar-refractivity contribution in [1.29, 1.82) is 0 Å². The van der Waals surface area contributed by atoms with Crippen LogP contribution in [0.4, 0.5) is 0 Å². The molecule has 0 spiro atoms. The Bertz CT molecular complexity index is 834. The predicted octanol–water partition coefficient (Wildman–Crippen LogP) is 0.665. The molecular weight excluding hydrogens is 310 g/mol. The molecule has 2 rings (SSSR count). The molecule has 3 N–H and O–H groups in total. The van der Waals surface area contributed by atoms with E-state index in [4.69, 9.17) is 0 Å². The first-order valence-electron chi connectivity index (χ1n) is 7.55. The maximum atomic E-state index is 11.7. The maximum absolute atomic E-state index is 11.7. The third-order valence-corrected chi connectivity index (χ3v) is 3.38. The first-order valence-corrected chi connectivity index (χ1v) is 7.55. The third-order valence-electron chi connectivity index (χ3n) is 3.38. The van der Waals surface area contributed by atoms with E-state index in [1.54, 1.807) is 6.21 Å². The number of benzene rings is 1. The van der Waals surface area contributed by atoms with Crippen LogP contribution in [0.15, 0.2) is 39.0 Å². The van der Waals surface area contributed by atoms with Crippen LogP contribution >= 0.6 is 0 Å². The fraction of sp³-hybridized carbons (Fsp3) is 0.312. The minimum absolute atomic E-state index is 0.0335. The molecule has 0 aliphatic heterocycles. The standard InChI is InChI=1S/C16H19N5O3/c1-10(2)12-5-3-11(4-6-12)9-17-20-14(22)8-7-13-15(23)18-16(24)21-19-13/h3-6,9-10H,7-8H2,1-2H3,(H,20,22)(H2,18,21,23,24)/b17-9+. The van der Waals surface area contributed by atoms with Gasteiger partial charge in [-0.05, 0) is 17.0 Å². The Kier molecular flexibility index (Phi) is 5.78. The number of carbonyl (C=O) groups excluding carboxylic acids is 1. The molecule has 24 heavy (non-hydrogen) atoms. The highest BCUT2D eigenvalue weighted by Gasteiger charge is 2.06. The minimum Gasteiger partial charge on any atom is -0.273 e. The number of hydrogen-bond donors (Lipinski definition) is 3. The SMILES string of the molecule is CC(C)c1ccc(/C=N/NC(=O)CCc2n[nH]c(=O)[nH]c2=O)cc1. The number of hydrazone groups is 1. The smallest absolute Gasteiger partial charge is 0.273 e. The lowest BCUT2D eigenvalue weighted by molar-refractivity contribution is -0.121. The molecule has 0 saturated carbocycles. The van der Waals surface area contributed by atoms with E-state index in [9.17, 15) is 14.4 Å². The van der Waals surface area contributed by atoms with Gasteiger partial charge in [-0.3, -0.25) is 14.6 Å². The van der Waals surface area contributed by atoms with Crippen LogP contribution in [0.25, 0.3) is 0 Å². The van der Waals surface area contributed by atoms with Crippen molar-refractivity contribution in [3.8, 4) is 0 Å². The van der Waals surface area contributed by atoms with E-state index < -0.39 is 11.2 Å². The molecule has 1 aromatic carbocycles. The average molecular weight is 329 g/mol. The summed E-state index contributed by atoms with van der Waals surface area (Å²) >= 11 is 0. The van der Waals surface area contributed by atoms with Gasteiger partial charge >= 0.3 is 5.69 Å². The van der Waals surface area contributed by atoms with Crippen molar-refractivity contribution in [2.75, 3.05) is 0 Å². The first-order chi connectivity index (χ1) is 11.5. The predicted molar refractivity (Wildman–Crippen MR) is 90.1 cm³/mol. The number of carbonyl (C=O) groups is 1. The topological polar surface area (TPSA) is 120 Å². The van der Waals surface area contributed by atoms with Crippen molar-refractivity contribution >= 4 is 12.1 Å². The Morgan fingerprint density at radius 2 is 2.00 bits per heavy atom. The second kappa shape index (κ2) is 8.00. The summed E-state index contributed by atoms with van der Waals surface area (Å²) in [5.41, 5.74) is 3.31. The second-order valence-electron chi connectivity index (χ2n) is 5.57. The van der Waals surface area contributed by atoms with E-state index in [1.165, 1.54) is 5.56 Å². The van der Waals surface area contributed by atoms with E-state index >= 15 is 0 Å². The lowest BCUT2D eigenvalue weighted by Gasteiger charge is -2.04. The van der Waals surface area contributed by atoms with Crippen LogP contribution in [-0.2, 0) is 11.2 Å². The molecule has 2 aromatic rings. The van der Waals surface area contributed by atoms with Crippen molar-refractivity contribution in [2.45, 2.75) is 32.6 Å². The number of aromatic nitrogens is 3. The molecule has 0 saturated heterocycles. The van der Waals surface area contributed by atoms with Crippen LogP contribution in [0.5, 0.6) is 0 Å². The molecule has 0 radical (unpaired) electrons. The molecule has 8 nitrogen and oxygen atoms in total. The largest absolute Gasteiger partial charge is 0.342 e. The quantitative estimate of drug-likeness (QED) is 0.532. The van der Waals surface area contributed by atoms with Gasteiger partial charge in [-0.25, -0.2) is 15.3 Å². The number of nitrogens with zero attached hydrogens (tertiary/aromatic N) is 2. The van der Waals surface area contributed by atoms with E-state index in [-0.39, 0.29) is 24.4 Å². The Hall–Kier alpha value is -3.03. The van der Waals surface area contributed by atoms with Gasteiger partial charge < -0.3 is 0 Å². The van der Waals surface area contributed by atoms with Crippen molar-refractivity contribution < 1.29 is 4.79 Å². The molecule has 0 unspecified atom stereocenters. The number of aryl methyl sites for hydroxylation is 1. The van der Waals surface area contributed by atoms with E-state index in [0.717, 1.165) is 5.56 Å². The minimum atomic E-state index is -0.679. The monoisotopic (exact) mass is 329 g/mol. The number of hydrogen-bond acceptors (Lipinski definition) is 5. The Labute approximate surface area is 138 Å². The molecule has 0 atom stereocenters. The van der Waals surface area contributed by atoms with Crippen LogP contribution in [0.2, 0.25) is 0 Å². The summed E-state index contributed by atoms with van der Waals surface area (Å²) < 4.78 is 0. The van der Waals surface area contributed by atoms with E-state index in [1.807, 2.05) is 29.2 Å². The van der Waals surface area contributed by atoms with Crippen molar-refractivity contribution in [3.05, 3.63) is 61.9 Å². The zero-order valence-corrected chi connectivity index (χ0v) is 13.5. The molecule has 1 amide bonds. The van der Waals surface area contributed by atoms with Crippen LogP contribution in [-0.4, -0.2) is 27.3 Å². The Balaban J connectivity index is 1.84. The Morgan fingerprint density at radius 3 is 2.62 bits per heavy atom. The molecule has 0 aliphatic rings. The number of aromatic amines is 2. The summed E-state index contributed by atoms with van der Waals surface area (Å²) in [6, 6.07) is 7.88. The zero-order valence-electron chi connectivity index (χ0n) is 13.5. The Morgan fingerprint density at radius 1 is 1.29 bits per heavy atom. The summed E-state index contributed by atoms with van der Waals surface area (Å²) in [6.07, 6.45) is 1.69. The van der Waals surface area contributed by atoms with Gasteiger partial charge in [0.25, 0.3) is 5.56 Å². The van der Waals surface area contributed by atoms with E-state index in [0.29, 0.717) is 5.92 Å². The molecular formula is C16H19N5O3. The summed E-state index contributed by atoms with van der Waals surface area (Å²) in [6.45, 7) is 4.23. The highest BCUT2D eigenvalue weighted by Crippen LogP contribution is 2.13. The molecule has 0 aliphatic carbocycles. The number of amides is 1. The normalized spacial score (nSPS) is 11.1. The van der Waals surface area contributed by atoms with Gasteiger partial charge in [0, 0.05) is 12.8 Å². The number of rotatable bonds is 6.